The van der Waals surface area contributed by atoms with E-state index in [1.165, 1.54) is 0 Å². The molecule has 1 aliphatic rings. The van der Waals surface area contributed by atoms with Crippen LogP contribution in [0.5, 0.6) is 11.5 Å². The molecule has 0 atom stereocenters. The van der Waals surface area contributed by atoms with Crippen LogP contribution in [0.3, 0.4) is 0 Å². The van der Waals surface area contributed by atoms with Gasteiger partial charge in [-0.05, 0) is 24.3 Å². The van der Waals surface area contributed by atoms with E-state index >= 15 is 0 Å². The Morgan fingerprint density at radius 2 is 1.67 bits per heavy atom. The van der Waals surface area contributed by atoms with Crippen molar-refractivity contribution in [2.45, 2.75) is 26.2 Å². The fourth-order valence-corrected chi connectivity index (χ4v) is 2.76. The molecule has 0 spiro atoms. The summed E-state index contributed by atoms with van der Waals surface area (Å²) in [6.45, 7) is 4.30. The summed E-state index contributed by atoms with van der Waals surface area (Å²) in [5, 5.41) is 4.59. The van der Waals surface area contributed by atoms with Gasteiger partial charge < -0.3 is 14.8 Å². The average molecular weight is 324 g/mol. The van der Waals surface area contributed by atoms with Gasteiger partial charge in [0.1, 0.15) is 0 Å². The number of halogens is 2. The largest absolute Gasteiger partial charge is 0.449 e. The van der Waals surface area contributed by atoms with Crippen LogP contribution in [0.2, 0.25) is 10.0 Å². The number of nitrogens with one attached hydrogen (secondary N) is 1. The lowest BCUT2D eigenvalue weighted by atomic mass is 10.2. The van der Waals surface area contributed by atoms with Gasteiger partial charge in [0.15, 0.2) is 11.5 Å². The van der Waals surface area contributed by atoms with Crippen LogP contribution in [0, 0.1) is 0 Å². The maximum absolute atomic E-state index is 6.16. The second-order valence-electron chi connectivity index (χ2n) is 5.32. The molecule has 1 heterocycles. The molecule has 1 N–H and O–H groups in total. The molecule has 0 saturated carbocycles. The van der Waals surface area contributed by atoms with Crippen LogP contribution in [0.25, 0.3) is 0 Å². The van der Waals surface area contributed by atoms with E-state index in [-0.39, 0.29) is 0 Å². The number of ether oxygens (including phenoxy) is 2. The standard InChI is InChI=1S/C16H15Cl2NO2/c1-16(2)20-14-7-6-10(8-15(14)21-16)19-9-11-12(17)4-3-5-13(11)18/h3-8,19H,9H2,1-2H3. The van der Waals surface area contributed by atoms with Crippen LogP contribution in [0.1, 0.15) is 19.4 Å². The maximum atomic E-state index is 6.16. The third-order valence-electron chi connectivity index (χ3n) is 3.19. The van der Waals surface area contributed by atoms with Gasteiger partial charge in [-0.15, -0.1) is 0 Å². The van der Waals surface area contributed by atoms with E-state index in [9.17, 15) is 0 Å². The first-order valence-electron chi connectivity index (χ1n) is 6.63. The Labute approximate surface area is 133 Å². The Balaban J connectivity index is 1.76. The molecule has 0 unspecified atom stereocenters. The molecule has 110 valence electrons. The van der Waals surface area contributed by atoms with Gasteiger partial charge >= 0.3 is 0 Å². The van der Waals surface area contributed by atoms with Crippen LogP contribution < -0.4 is 14.8 Å². The fraction of sp³-hybridized carbons (Fsp3) is 0.250. The molecule has 5 heteroatoms. The number of anilines is 1. The molecule has 0 aliphatic carbocycles. The highest BCUT2D eigenvalue weighted by atomic mass is 35.5. The van der Waals surface area contributed by atoms with E-state index in [2.05, 4.69) is 5.32 Å². The van der Waals surface area contributed by atoms with Gasteiger partial charge in [-0.2, -0.15) is 0 Å². The summed E-state index contributed by atoms with van der Waals surface area (Å²) in [7, 11) is 0. The van der Waals surface area contributed by atoms with Crippen molar-refractivity contribution in [2.24, 2.45) is 0 Å². The molecular formula is C16H15Cl2NO2. The maximum Gasteiger partial charge on any atom is 0.246 e. The van der Waals surface area contributed by atoms with Crippen molar-refractivity contribution in [3.05, 3.63) is 52.0 Å². The molecule has 0 radical (unpaired) electrons. The van der Waals surface area contributed by atoms with Crippen molar-refractivity contribution in [1.82, 2.24) is 0 Å². The molecule has 0 bridgehead atoms. The summed E-state index contributed by atoms with van der Waals surface area (Å²) in [6.07, 6.45) is 0. The Hall–Kier alpha value is -1.58. The molecule has 3 rings (SSSR count). The monoisotopic (exact) mass is 323 g/mol. The number of hydrogen-bond donors (Lipinski definition) is 1. The lowest BCUT2D eigenvalue weighted by Gasteiger charge is -2.16. The molecule has 0 fully saturated rings. The second kappa shape index (κ2) is 5.32. The Morgan fingerprint density at radius 3 is 2.38 bits per heavy atom. The summed E-state index contributed by atoms with van der Waals surface area (Å²) < 4.78 is 11.4. The smallest absolute Gasteiger partial charge is 0.246 e. The summed E-state index contributed by atoms with van der Waals surface area (Å²) >= 11 is 12.3. The zero-order valence-corrected chi connectivity index (χ0v) is 13.3. The number of hydrogen-bond acceptors (Lipinski definition) is 3. The highest BCUT2D eigenvalue weighted by Crippen LogP contribution is 2.40. The highest BCUT2D eigenvalue weighted by molar-refractivity contribution is 6.36. The minimum Gasteiger partial charge on any atom is -0.449 e. The predicted octanol–water partition coefficient (Wildman–Crippen LogP) is 5.11. The molecule has 1 aliphatic heterocycles. The molecule has 21 heavy (non-hydrogen) atoms. The van der Waals surface area contributed by atoms with Gasteiger partial charge in [-0.25, -0.2) is 0 Å². The van der Waals surface area contributed by atoms with Crippen LogP contribution in [0.15, 0.2) is 36.4 Å². The van der Waals surface area contributed by atoms with E-state index in [0.717, 1.165) is 22.7 Å². The van der Waals surface area contributed by atoms with Gasteiger partial charge in [0.25, 0.3) is 0 Å². The lowest BCUT2D eigenvalue weighted by Crippen LogP contribution is -2.29. The predicted molar refractivity (Wildman–Crippen MR) is 85.6 cm³/mol. The van der Waals surface area contributed by atoms with Crippen molar-refractivity contribution in [3.63, 3.8) is 0 Å². The van der Waals surface area contributed by atoms with Crippen LogP contribution in [0.4, 0.5) is 5.69 Å². The van der Waals surface area contributed by atoms with E-state index in [4.69, 9.17) is 32.7 Å². The van der Waals surface area contributed by atoms with Gasteiger partial charge in [-0.3, -0.25) is 0 Å². The molecule has 0 aromatic heterocycles. The van der Waals surface area contributed by atoms with Crippen molar-refractivity contribution in [1.29, 1.82) is 0 Å². The fourth-order valence-electron chi connectivity index (χ4n) is 2.22. The second-order valence-corrected chi connectivity index (χ2v) is 6.13. The summed E-state index contributed by atoms with van der Waals surface area (Å²) in [5.41, 5.74) is 1.80. The summed E-state index contributed by atoms with van der Waals surface area (Å²) in [6, 6.07) is 11.2. The zero-order valence-electron chi connectivity index (χ0n) is 11.7. The first-order valence-corrected chi connectivity index (χ1v) is 7.39. The van der Waals surface area contributed by atoms with E-state index in [0.29, 0.717) is 16.6 Å². The Bertz CT molecular complexity index is 666. The van der Waals surface area contributed by atoms with Gasteiger partial charge in [0.05, 0.1) is 0 Å². The van der Waals surface area contributed by atoms with E-state index in [1.54, 1.807) is 0 Å². The minimum absolute atomic E-state index is 0.543. The number of rotatable bonds is 3. The molecule has 0 saturated heterocycles. The van der Waals surface area contributed by atoms with Crippen molar-refractivity contribution in [2.75, 3.05) is 5.32 Å². The number of fused-ring (bicyclic) bond motifs is 1. The molecule has 2 aromatic rings. The van der Waals surface area contributed by atoms with Crippen LogP contribution >= 0.6 is 23.2 Å². The molecule has 0 amide bonds. The van der Waals surface area contributed by atoms with Gasteiger partial charge in [0.2, 0.25) is 5.79 Å². The highest BCUT2D eigenvalue weighted by Gasteiger charge is 2.31. The molecule has 3 nitrogen and oxygen atoms in total. The lowest BCUT2D eigenvalue weighted by molar-refractivity contribution is -0.0431. The van der Waals surface area contributed by atoms with Crippen molar-refractivity contribution >= 4 is 28.9 Å². The third kappa shape index (κ3) is 3.04. The van der Waals surface area contributed by atoms with Crippen molar-refractivity contribution < 1.29 is 9.47 Å². The molecule has 2 aromatic carbocycles. The quantitative estimate of drug-likeness (QED) is 0.851. The van der Waals surface area contributed by atoms with Gasteiger partial charge in [0, 0.05) is 47.8 Å². The first-order chi connectivity index (χ1) is 9.94. The average Bonchev–Trinajstić information content (AvgIpc) is 2.71. The SMILES string of the molecule is CC1(C)Oc2ccc(NCc3c(Cl)cccc3Cl)cc2O1. The van der Waals surface area contributed by atoms with Crippen LogP contribution in [-0.4, -0.2) is 5.79 Å². The zero-order chi connectivity index (χ0) is 15.0. The van der Waals surface area contributed by atoms with E-state index in [1.807, 2.05) is 50.2 Å². The minimum atomic E-state index is -0.618. The number of benzene rings is 2. The van der Waals surface area contributed by atoms with Gasteiger partial charge in [-0.1, -0.05) is 29.3 Å². The van der Waals surface area contributed by atoms with Crippen molar-refractivity contribution in [3.8, 4) is 11.5 Å². The normalized spacial score (nSPS) is 15.0. The Kier molecular flexibility index (Phi) is 3.64. The third-order valence-corrected chi connectivity index (χ3v) is 3.89. The summed E-state index contributed by atoms with van der Waals surface area (Å²) in [5.74, 6) is 0.865. The Morgan fingerprint density at radius 1 is 1.00 bits per heavy atom. The topological polar surface area (TPSA) is 30.5 Å². The summed E-state index contributed by atoms with van der Waals surface area (Å²) in [4.78, 5) is 0. The molecular weight excluding hydrogens is 309 g/mol. The first kappa shape index (κ1) is 14.4. The van der Waals surface area contributed by atoms with E-state index < -0.39 is 5.79 Å². The van der Waals surface area contributed by atoms with Crippen LogP contribution in [-0.2, 0) is 6.54 Å².